The largest absolute Gasteiger partial charge is 0.382 e. The molecule has 0 bridgehead atoms. The second kappa shape index (κ2) is 8.03. The molecule has 0 aromatic heterocycles. The third-order valence-electron chi connectivity index (χ3n) is 2.72. The lowest BCUT2D eigenvalue weighted by molar-refractivity contribution is -0.129. The molecule has 3 nitrogen and oxygen atoms in total. The molecule has 18 heavy (non-hydrogen) atoms. The highest BCUT2D eigenvalue weighted by Crippen LogP contribution is 2.20. The summed E-state index contributed by atoms with van der Waals surface area (Å²) in [6.45, 7) is 5.29. The maximum Gasteiger partial charge on any atom is 0.118 e. The molecule has 1 aromatic carbocycles. The molecule has 1 rings (SSSR count). The predicted octanol–water partition coefficient (Wildman–Crippen LogP) is 2.81. The first kappa shape index (κ1) is 14.9. The van der Waals surface area contributed by atoms with Gasteiger partial charge in [0.1, 0.15) is 5.60 Å². The third kappa shape index (κ3) is 4.61. The van der Waals surface area contributed by atoms with Crippen molar-refractivity contribution in [2.75, 3.05) is 27.4 Å². The quantitative estimate of drug-likeness (QED) is 0.631. The summed E-state index contributed by atoms with van der Waals surface area (Å²) in [7, 11) is 3.33. The van der Waals surface area contributed by atoms with Gasteiger partial charge in [-0.25, -0.2) is 0 Å². The van der Waals surface area contributed by atoms with Crippen molar-refractivity contribution in [3.05, 3.63) is 48.6 Å². The molecule has 1 aromatic rings. The van der Waals surface area contributed by atoms with E-state index in [0.717, 1.165) is 5.56 Å². The second-order valence-corrected chi connectivity index (χ2v) is 4.32. The van der Waals surface area contributed by atoms with E-state index in [2.05, 4.69) is 6.58 Å². The summed E-state index contributed by atoms with van der Waals surface area (Å²) >= 11 is 0. The molecule has 0 fully saturated rings. The van der Waals surface area contributed by atoms with Crippen LogP contribution in [-0.4, -0.2) is 33.0 Å². The molecule has 100 valence electrons. The summed E-state index contributed by atoms with van der Waals surface area (Å²) in [5.41, 5.74) is 0.680. The van der Waals surface area contributed by atoms with Gasteiger partial charge in [0.25, 0.3) is 0 Å². The first-order chi connectivity index (χ1) is 8.76. The van der Waals surface area contributed by atoms with E-state index >= 15 is 0 Å². The normalized spacial score (nSPS) is 11.4. The number of benzene rings is 1. The van der Waals surface area contributed by atoms with E-state index in [9.17, 15) is 0 Å². The van der Waals surface area contributed by atoms with Crippen LogP contribution in [0.4, 0.5) is 0 Å². The number of rotatable bonds is 9. The maximum atomic E-state index is 6.02. The van der Waals surface area contributed by atoms with Crippen LogP contribution in [0.3, 0.4) is 0 Å². The van der Waals surface area contributed by atoms with Crippen LogP contribution in [0, 0.1) is 0 Å². The molecule has 0 N–H and O–H groups in total. The Morgan fingerprint density at radius 3 is 2.22 bits per heavy atom. The van der Waals surface area contributed by atoms with Crippen molar-refractivity contribution in [3.8, 4) is 0 Å². The molecule has 0 aliphatic carbocycles. The number of hydrogen-bond donors (Lipinski definition) is 0. The molecular weight excluding hydrogens is 228 g/mol. The van der Waals surface area contributed by atoms with Crippen LogP contribution in [0.25, 0.3) is 0 Å². The Hall–Kier alpha value is -1.16. The third-order valence-corrected chi connectivity index (χ3v) is 2.72. The lowest BCUT2D eigenvalue weighted by atomic mass is 10.0. The van der Waals surface area contributed by atoms with Gasteiger partial charge >= 0.3 is 0 Å². The van der Waals surface area contributed by atoms with Crippen LogP contribution in [-0.2, 0) is 20.8 Å². The van der Waals surface area contributed by atoms with E-state index in [1.165, 1.54) is 0 Å². The lowest BCUT2D eigenvalue weighted by Crippen LogP contribution is -2.41. The molecule has 0 amide bonds. The molecule has 0 heterocycles. The highest BCUT2D eigenvalue weighted by atomic mass is 16.6. The number of hydrogen-bond acceptors (Lipinski definition) is 3. The Labute approximate surface area is 109 Å². The minimum absolute atomic E-state index is 0.457. The molecule has 0 saturated heterocycles. The minimum Gasteiger partial charge on any atom is -0.382 e. The average Bonchev–Trinajstić information content (AvgIpc) is 2.39. The van der Waals surface area contributed by atoms with Gasteiger partial charge in [0.05, 0.1) is 19.8 Å². The van der Waals surface area contributed by atoms with E-state index in [1.54, 1.807) is 14.2 Å². The molecule has 0 radical (unpaired) electrons. The molecular formula is C15H22O3. The van der Waals surface area contributed by atoms with Crippen molar-refractivity contribution in [2.24, 2.45) is 0 Å². The molecule has 0 saturated carbocycles. The minimum atomic E-state index is -0.457. The first-order valence-electron chi connectivity index (χ1n) is 6.03. The summed E-state index contributed by atoms with van der Waals surface area (Å²) in [6, 6.07) is 10.1. The van der Waals surface area contributed by atoms with Crippen molar-refractivity contribution in [1.29, 1.82) is 0 Å². The molecule has 0 unspecified atom stereocenters. The topological polar surface area (TPSA) is 27.7 Å². The zero-order valence-corrected chi connectivity index (χ0v) is 11.2. The zero-order valence-electron chi connectivity index (χ0n) is 11.2. The van der Waals surface area contributed by atoms with Gasteiger partial charge in [0.2, 0.25) is 0 Å². The summed E-state index contributed by atoms with van der Waals surface area (Å²) in [6.07, 6.45) is 2.53. The SMILES string of the molecule is C=CCC(COC)(COC)OCc1ccccc1. The molecule has 0 aliphatic rings. The molecule has 0 spiro atoms. The van der Waals surface area contributed by atoms with Crippen molar-refractivity contribution >= 4 is 0 Å². The Kier molecular flexibility index (Phi) is 6.65. The molecule has 0 aliphatic heterocycles. The van der Waals surface area contributed by atoms with Crippen LogP contribution in [0.5, 0.6) is 0 Å². The number of methoxy groups -OCH3 is 2. The van der Waals surface area contributed by atoms with Crippen LogP contribution in [0.2, 0.25) is 0 Å². The highest BCUT2D eigenvalue weighted by Gasteiger charge is 2.30. The standard InChI is InChI=1S/C15H22O3/c1-4-10-15(12-16-2,13-17-3)18-11-14-8-6-5-7-9-14/h4-9H,1,10-13H2,2-3H3. The smallest absolute Gasteiger partial charge is 0.118 e. The van der Waals surface area contributed by atoms with Gasteiger partial charge in [-0.15, -0.1) is 6.58 Å². The Bertz CT molecular complexity index is 329. The number of ether oxygens (including phenoxy) is 3. The van der Waals surface area contributed by atoms with Gasteiger partial charge < -0.3 is 14.2 Å². The van der Waals surface area contributed by atoms with Gasteiger partial charge in [-0.05, 0) is 12.0 Å². The second-order valence-electron chi connectivity index (χ2n) is 4.32. The Morgan fingerprint density at radius 2 is 1.72 bits per heavy atom. The monoisotopic (exact) mass is 250 g/mol. The van der Waals surface area contributed by atoms with Crippen LogP contribution in [0.1, 0.15) is 12.0 Å². The molecule has 0 atom stereocenters. The Balaban J connectivity index is 2.67. The van der Waals surface area contributed by atoms with Crippen molar-refractivity contribution in [2.45, 2.75) is 18.6 Å². The van der Waals surface area contributed by atoms with Crippen LogP contribution >= 0.6 is 0 Å². The van der Waals surface area contributed by atoms with E-state index in [1.807, 2.05) is 36.4 Å². The van der Waals surface area contributed by atoms with E-state index in [-0.39, 0.29) is 0 Å². The van der Waals surface area contributed by atoms with Crippen molar-refractivity contribution in [3.63, 3.8) is 0 Å². The van der Waals surface area contributed by atoms with Gasteiger partial charge in [-0.1, -0.05) is 36.4 Å². The maximum absolute atomic E-state index is 6.02. The fraction of sp³-hybridized carbons (Fsp3) is 0.467. The highest BCUT2D eigenvalue weighted by molar-refractivity contribution is 5.13. The first-order valence-corrected chi connectivity index (χ1v) is 6.03. The van der Waals surface area contributed by atoms with Crippen molar-refractivity contribution in [1.82, 2.24) is 0 Å². The van der Waals surface area contributed by atoms with Gasteiger partial charge in [-0.2, -0.15) is 0 Å². The zero-order chi connectivity index (χ0) is 13.3. The van der Waals surface area contributed by atoms with Crippen LogP contribution in [0.15, 0.2) is 43.0 Å². The summed E-state index contributed by atoms with van der Waals surface area (Å²) in [5.74, 6) is 0. The summed E-state index contributed by atoms with van der Waals surface area (Å²) in [4.78, 5) is 0. The fourth-order valence-corrected chi connectivity index (χ4v) is 1.90. The predicted molar refractivity (Wildman–Crippen MR) is 72.5 cm³/mol. The van der Waals surface area contributed by atoms with E-state index in [0.29, 0.717) is 26.2 Å². The van der Waals surface area contributed by atoms with Gasteiger partial charge in [-0.3, -0.25) is 0 Å². The average molecular weight is 250 g/mol. The summed E-state index contributed by atoms with van der Waals surface area (Å²) < 4.78 is 16.5. The van der Waals surface area contributed by atoms with Gasteiger partial charge in [0, 0.05) is 14.2 Å². The van der Waals surface area contributed by atoms with E-state index < -0.39 is 5.60 Å². The lowest BCUT2D eigenvalue weighted by Gasteiger charge is -2.31. The summed E-state index contributed by atoms with van der Waals surface area (Å²) in [5, 5.41) is 0. The fourth-order valence-electron chi connectivity index (χ4n) is 1.90. The Morgan fingerprint density at radius 1 is 1.11 bits per heavy atom. The van der Waals surface area contributed by atoms with Crippen LogP contribution < -0.4 is 0 Å². The van der Waals surface area contributed by atoms with Gasteiger partial charge in [0.15, 0.2) is 0 Å². The van der Waals surface area contributed by atoms with E-state index in [4.69, 9.17) is 14.2 Å². The molecule has 3 heteroatoms. The van der Waals surface area contributed by atoms with Crippen molar-refractivity contribution < 1.29 is 14.2 Å².